The topological polar surface area (TPSA) is 123 Å². The lowest BCUT2D eigenvalue weighted by Crippen LogP contribution is -2.31. The first-order valence-corrected chi connectivity index (χ1v) is 11.6. The molecular weight excluding hydrogens is 390 g/mol. The second-order valence-electron chi connectivity index (χ2n) is 7.71. The number of carbonyl (C=O) groups excluding carboxylic acids is 1. The highest BCUT2D eigenvalue weighted by Crippen LogP contribution is 2.46. The molecule has 29 heavy (non-hydrogen) atoms. The van der Waals surface area contributed by atoms with Crippen molar-refractivity contribution in [3.63, 3.8) is 0 Å². The number of carbonyl (C=O) groups is 1. The molecule has 2 aliphatic rings. The molecule has 9 heteroatoms. The number of para-hydroxylation sites is 1. The van der Waals surface area contributed by atoms with E-state index >= 15 is 0 Å². The number of aromatic nitrogens is 3. The smallest absolute Gasteiger partial charge is 0.253 e. The summed E-state index contributed by atoms with van der Waals surface area (Å²) in [6.45, 7) is 2.53. The summed E-state index contributed by atoms with van der Waals surface area (Å²) in [5.74, 6) is 1.36. The van der Waals surface area contributed by atoms with Gasteiger partial charge in [-0.05, 0) is 25.5 Å². The van der Waals surface area contributed by atoms with Crippen LogP contribution in [0.5, 0.6) is 0 Å². The Morgan fingerprint density at radius 1 is 1.24 bits per heavy atom. The normalized spacial score (nSPS) is 21.6. The Balaban J connectivity index is 1.56. The second kappa shape index (κ2) is 6.72. The molecule has 1 saturated heterocycles. The maximum absolute atomic E-state index is 12.1. The van der Waals surface area contributed by atoms with Crippen LogP contribution in [0, 0.1) is 6.92 Å². The predicted octanol–water partition coefficient (Wildman–Crippen LogP) is 3.15. The third kappa shape index (κ3) is 3.35. The Kier molecular flexibility index (Phi) is 4.27. The zero-order valence-corrected chi connectivity index (χ0v) is 16.8. The number of benzene rings is 1. The van der Waals surface area contributed by atoms with E-state index in [0.717, 1.165) is 40.1 Å². The van der Waals surface area contributed by atoms with Gasteiger partial charge in [0.15, 0.2) is 0 Å². The quantitative estimate of drug-likeness (QED) is 0.449. The van der Waals surface area contributed by atoms with Gasteiger partial charge in [-0.2, -0.15) is 10.6 Å². The fourth-order valence-electron chi connectivity index (χ4n) is 4.09. The van der Waals surface area contributed by atoms with E-state index in [2.05, 4.69) is 15.6 Å². The van der Waals surface area contributed by atoms with Gasteiger partial charge in [-0.3, -0.25) is 13.9 Å². The summed E-state index contributed by atoms with van der Waals surface area (Å²) in [6, 6.07) is 7.67. The number of anilines is 1. The van der Waals surface area contributed by atoms with Gasteiger partial charge in [-0.25, -0.2) is 9.97 Å². The summed E-state index contributed by atoms with van der Waals surface area (Å²) in [4.78, 5) is 25.0. The van der Waals surface area contributed by atoms with Gasteiger partial charge < -0.3 is 15.6 Å². The molecule has 1 aromatic carbocycles. The fourth-order valence-corrected chi connectivity index (χ4v) is 5.81. The number of rotatable bonds is 3. The number of aromatic amines is 1. The van der Waals surface area contributed by atoms with E-state index in [-0.39, 0.29) is 11.9 Å². The Morgan fingerprint density at radius 3 is 2.86 bits per heavy atom. The molecule has 3 aromatic rings. The summed E-state index contributed by atoms with van der Waals surface area (Å²) >= 11 is 0. The van der Waals surface area contributed by atoms with Gasteiger partial charge in [0.25, 0.3) is 5.91 Å². The molecule has 8 nitrogen and oxygen atoms in total. The molecule has 152 valence electrons. The van der Waals surface area contributed by atoms with Crippen molar-refractivity contribution in [2.45, 2.75) is 25.8 Å². The van der Waals surface area contributed by atoms with Gasteiger partial charge in [-0.15, -0.1) is 0 Å². The van der Waals surface area contributed by atoms with Crippen molar-refractivity contribution in [3.8, 4) is 11.3 Å². The third-order valence-electron chi connectivity index (χ3n) is 5.57. The Labute approximate surface area is 169 Å². The summed E-state index contributed by atoms with van der Waals surface area (Å²) in [6.07, 6.45) is 1.47. The van der Waals surface area contributed by atoms with E-state index in [0.29, 0.717) is 35.9 Å². The van der Waals surface area contributed by atoms with Crippen molar-refractivity contribution in [2.24, 2.45) is 0 Å². The third-order valence-corrected chi connectivity index (χ3v) is 7.39. The van der Waals surface area contributed by atoms with Crippen LogP contribution in [0.25, 0.3) is 22.3 Å². The zero-order valence-electron chi connectivity index (χ0n) is 16.0. The highest BCUT2D eigenvalue weighted by atomic mass is 32.3. The maximum Gasteiger partial charge on any atom is 0.253 e. The van der Waals surface area contributed by atoms with Crippen LogP contribution in [-0.4, -0.2) is 54.1 Å². The number of aryl methyl sites for hydroxylation is 1. The lowest BCUT2D eigenvalue weighted by atomic mass is 10.1. The van der Waals surface area contributed by atoms with E-state index in [9.17, 15) is 13.9 Å². The molecule has 5 N–H and O–H groups in total. The summed E-state index contributed by atoms with van der Waals surface area (Å²) in [5, 5.41) is 6.21. The molecule has 1 fully saturated rings. The van der Waals surface area contributed by atoms with Gasteiger partial charge in [0.2, 0.25) is 0 Å². The number of amides is 1. The first-order chi connectivity index (χ1) is 13.9. The number of fused-ring (bicyclic) bond motifs is 2. The Hall–Kier alpha value is -2.62. The van der Waals surface area contributed by atoms with Crippen molar-refractivity contribution in [1.82, 2.24) is 20.3 Å². The second-order valence-corrected chi connectivity index (χ2v) is 10.1. The summed E-state index contributed by atoms with van der Waals surface area (Å²) in [7, 11) is -2.48. The molecule has 1 amide bonds. The molecule has 5 rings (SSSR count). The van der Waals surface area contributed by atoms with E-state index < -0.39 is 10.6 Å². The largest absolute Gasteiger partial charge is 0.364 e. The molecule has 0 spiro atoms. The lowest BCUT2D eigenvalue weighted by Gasteiger charge is -2.26. The number of H-pyrrole nitrogens is 1. The zero-order chi connectivity index (χ0) is 20.2. The van der Waals surface area contributed by atoms with Crippen molar-refractivity contribution in [2.75, 3.05) is 23.4 Å². The molecule has 0 aliphatic carbocycles. The predicted molar refractivity (Wildman–Crippen MR) is 115 cm³/mol. The highest BCUT2D eigenvalue weighted by molar-refractivity contribution is 8.24. The van der Waals surface area contributed by atoms with Crippen LogP contribution in [-0.2, 0) is 6.42 Å². The van der Waals surface area contributed by atoms with Crippen molar-refractivity contribution in [1.29, 1.82) is 0 Å². The van der Waals surface area contributed by atoms with Crippen molar-refractivity contribution in [3.05, 3.63) is 41.2 Å². The van der Waals surface area contributed by atoms with Crippen LogP contribution < -0.4 is 10.6 Å². The average Bonchev–Trinajstić information content (AvgIpc) is 3.26. The molecule has 4 heterocycles. The standard InChI is InChI=1S/C20H23N5O3S/c1-11-19(23-12-6-8-29(27,28)10-12)25-18-13(3-2-4-16(18)22-11)17-9-14-15(24-17)5-7-21-20(14)26/h2-4,9,12,24,27-28H,5-8,10H2,1H3,(H,21,26)(H,23,25). The summed E-state index contributed by atoms with van der Waals surface area (Å²) < 4.78 is 19.8. The molecule has 2 aromatic heterocycles. The molecule has 1 atom stereocenters. The number of nitrogens with one attached hydrogen (secondary N) is 3. The molecule has 0 radical (unpaired) electrons. The average molecular weight is 414 g/mol. The molecule has 2 aliphatic heterocycles. The number of hydrogen-bond acceptors (Lipinski definition) is 6. The van der Waals surface area contributed by atoms with Gasteiger partial charge in [0.05, 0.1) is 22.5 Å². The van der Waals surface area contributed by atoms with Crippen molar-refractivity contribution >= 4 is 33.3 Å². The molecular formula is C20H23N5O3S. The van der Waals surface area contributed by atoms with Gasteiger partial charge in [0, 0.05) is 41.7 Å². The van der Waals surface area contributed by atoms with Gasteiger partial charge in [0.1, 0.15) is 11.3 Å². The van der Waals surface area contributed by atoms with Crippen LogP contribution in [0.4, 0.5) is 5.82 Å². The minimum Gasteiger partial charge on any atom is -0.364 e. The maximum atomic E-state index is 12.1. The Bertz CT molecular complexity index is 1130. The highest BCUT2D eigenvalue weighted by Gasteiger charge is 2.29. The SMILES string of the molecule is Cc1nc2cccc(-c3cc4c([nH]3)CCNC4=O)c2nc1NC1CCS(O)(O)C1. The Morgan fingerprint density at radius 2 is 2.10 bits per heavy atom. The first kappa shape index (κ1) is 18.4. The molecule has 0 bridgehead atoms. The van der Waals surface area contributed by atoms with E-state index in [1.54, 1.807) is 0 Å². The number of hydrogen-bond donors (Lipinski definition) is 5. The van der Waals surface area contributed by atoms with Crippen LogP contribution >= 0.6 is 10.6 Å². The molecule has 0 saturated carbocycles. The van der Waals surface area contributed by atoms with Gasteiger partial charge >= 0.3 is 0 Å². The number of nitrogens with zero attached hydrogens (tertiary/aromatic N) is 2. The lowest BCUT2D eigenvalue weighted by molar-refractivity contribution is 0.0946. The van der Waals surface area contributed by atoms with Crippen LogP contribution in [0.15, 0.2) is 24.3 Å². The fraction of sp³-hybridized carbons (Fsp3) is 0.350. The van der Waals surface area contributed by atoms with E-state index in [4.69, 9.17) is 9.97 Å². The molecule has 1 unspecified atom stereocenters. The minimum atomic E-state index is -2.48. The van der Waals surface area contributed by atoms with Crippen molar-refractivity contribution < 1.29 is 13.9 Å². The first-order valence-electron chi connectivity index (χ1n) is 9.67. The van der Waals surface area contributed by atoms with Gasteiger partial charge in [-0.1, -0.05) is 12.1 Å². The minimum absolute atomic E-state index is 0.0286. The monoisotopic (exact) mass is 413 g/mol. The van der Waals surface area contributed by atoms with E-state index in [1.165, 1.54) is 0 Å². The van der Waals surface area contributed by atoms with Crippen LogP contribution in [0.2, 0.25) is 0 Å². The summed E-state index contributed by atoms with van der Waals surface area (Å²) in [5.41, 5.74) is 5.63. The van der Waals surface area contributed by atoms with E-state index in [1.807, 2.05) is 31.2 Å². The van der Waals surface area contributed by atoms with Crippen LogP contribution in [0.3, 0.4) is 0 Å². The van der Waals surface area contributed by atoms with Crippen LogP contribution in [0.1, 0.15) is 28.2 Å².